The SMILES string of the molecule is Cc1nn(C)c(COc2ccc(N3CCN(S(=O)(=O)N(C)C)CC3)cc2)c1-c1cccc2c(CCCOc3cccc4ccccc34)c(C(=O)OC(C)(C)C)n(CCN3CCN(CCOCCOCCNc4cccc5c4C(=O)C(C4CCC(O)NC4=O)C5=O)CC3)c12. The van der Waals surface area contributed by atoms with Gasteiger partial charge in [-0.15, -0.1) is 0 Å². The van der Waals surface area contributed by atoms with E-state index in [1.54, 1.807) is 32.3 Å². The maximum atomic E-state index is 15.0. The molecule has 3 atom stereocenters. The number of piperazine rings is 2. The smallest absolute Gasteiger partial charge is 0.355 e. The number of aliphatic hydroxyl groups is 1. The minimum atomic E-state index is -3.48. The normalized spacial score (nSPS) is 18.6. The largest absolute Gasteiger partial charge is 0.493 e. The molecule has 22 nitrogen and oxygen atoms in total. The summed E-state index contributed by atoms with van der Waals surface area (Å²) < 4.78 is 63.7. The Labute approximate surface area is 544 Å². The lowest BCUT2D eigenvalue weighted by atomic mass is 9.82. The Bertz CT molecular complexity index is 3930. The first kappa shape index (κ1) is 66.7. The highest BCUT2D eigenvalue weighted by molar-refractivity contribution is 7.86. The molecule has 0 spiro atoms. The number of aryl methyl sites for hydroxylation is 3. The van der Waals surface area contributed by atoms with Gasteiger partial charge in [0, 0.05) is 139 Å². The predicted octanol–water partition coefficient (Wildman–Crippen LogP) is 7.58. The van der Waals surface area contributed by atoms with Gasteiger partial charge in [-0.2, -0.15) is 22.1 Å². The third-order valence-electron chi connectivity index (χ3n) is 18.1. The number of anilines is 2. The van der Waals surface area contributed by atoms with Crippen LogP contribution in [0.2, 0.25) is 0 Å². The third kappa shape index (κ3) is 15.1. The molecule has 3 N–H and O–H groups in total. The molecule has 93 heavy (non-hydrogen) atoms. The molecule has 3 aliphatic heterocycles. The summed E-state index contributed by atoms with van der Waals surface area (Å²) in [6.45, 7) is 17.7. The summed E-state index contributed by atoms with van der Waals surface area (Å²) >= 11 is 0. The molecule has 1 aliphatic carbocycles. The van der Waals surface area contributed by atoms with Crippen LogP contribution in [0.3, 0.4) is 0 Å². The summed E-state index contributed by atoms with van der Waals surface area (Å²) in [6, 6.07) is 33.6. The van der Waals surface area contributed by atoms with Crippen LogP contribution in [0.5, 0.6) is 11.5 Å². The number of ketones is 2. The minimum absolute atomic E-state index is 0.218. The molecule has 3 unspecified atom stereocenters. The molecule has 11 rings (SSSR count). The first-order valence-electron chi connectivity index (χ1n) is 32.5. The number of amides is 1. The number of aliphatic hydroxyl groups excluding tert-OH is 1. The van der Waals surface area contributed by atoms with Crippen LogP contribution < -0.4 is 25.0 Å². The first-order valence-corrected chi connectivity index (χ1v) is 33.9. The van der Waals surface area contributed by atoms with Crippen molar-refractivity contribution >= 4 is 66.7 Å². The summed E-state index contributed by atoms with van der Waals surface area (Å²) in [7, 11) is 1.56. The van der Waals surface area contributed by atoms with Crippen molar-refractivity contribution in [3.8, 4) is 22.6 Å². The molecular formula is C70H88N10O12S. The zero-order valence-electron chi connectivity index (χ0n) is 54.5. The van der Waals surface area contributed by atoms with E-state index in [-0.39, 0.29) is 37.0 Å². The number of Topliss-reactive ketones (excluding diaryl/α,β-unsaturated/α-hetero) is 2. The van der Waals surface area contributed by atoms with Gasteiger partial charge in [0.1, 0.15) is 35.6 Å². The Hall–Kier alpha value is -7.74. The van der Waals surface area contributed by atoms with E-state index in [9.17, 15) is 32.7 Å². The Morgan fingerprint density at radius 3 is 2.14 bits per heavy atom. The Morgan fingerprint density at radius 1 is 0.731 bits per heavy atom. The molecule has 5 heterocycles. The standard InChI is InChI=1S/C70H88N10O12S/c1-47-61(58(75(7)73-47)46-91-50-25-23-49(24-26-50)78-35-37-79(38-36-78)93(86,87)74(5)6)54-18-11-17-52-53(20-13-41-90-59-22-10-15-48-14-8-9-16-51(48)59)65(69(85)92-70(2,3)4)80(64(52)54)39-34-76-30-32-77(33-31-76)40-43-89-45-44-88-42-29-71-57-21-12-19-55-62(57)67(83)63(66(55)82)56-27-28-60(81)72-68(56)84/h8-12,14-19,21-26,56,60,63,71,81H,13,20,27-46H2,1-7H3,(H,72,84). The number of carbonyl (C=O) groups is 4. The van der Waals surface area contributed by atoms with Crippen molar-refractivity contribution in [2.24, 2.45) is 18.9 Å². The molecule has 0 saturated carbocycles. The molecule has 0 bridgehead atoms. The quantitative estimate of drug-likeness (QED) is 0.0256. The van der Waals surface area contributed by atoms with Gasteiger partial charge in [-0.3, -0.25) is 28.9 Å². The number of benzene rings is 5. The molecule has 5 aromatic carbocycles. The molecule has 23 heteroatoms. The number of fused-ring (bicyclic) bond motifs is 3. The van der Waals surface area contributed by atoms with Gasteiger partial charge >= 0.3 is 5.97 Å². The van der Waals surface area contributed by atoms with E-state index in [0.717, 1.165) is 93.9 Å². The molecule has 3 fully saturated rings. The summed E-state index contributed by atoms with van der Waals surface area (Å²) in [6.07, 6.45) is 0.770. The van der Waals surface area contributed by atoms with Crippen LogP contribution in [0.15, 0.2) is 103 Å². The second-order valence-electron chi connectivity index (χ2n) is 25.6. The van der Waals surface area contributed by atoms with Crippen LogP contribution >= 0.6 is 0 Å². The first-order chi connectivity index (χ1) is 44.7. The fourth-order valence-corrected chi connectivity index (χ4v) is 14.5. The number of piperidine rings is 1. The monoisotopic (exact) mass is 1290 g/mol. The summed E-state index contributed by atoms with van der Waals surface area (Å²) in [5.74, 6) is -2.00. The van der Waals surface area contributed by atoms with E-state index < -0.39 is 39.8 Å². The molecule has 3 saturated heterocycles. The fraction of sp³-hybridized carbons (Fsp3) is 0.471. The van der Waals surface area contributed by atoms with Crippen molar-refractivity contribution in [2.45, 2.75) is 78.4 Å². The zero-order valence-corrected chi connectivity index (χ0v) is 55.3. The van der Waals surface area contributed by atoms with Crippen molar-refractivity contribution in [3.63, 3.8) is 0 Å². The molecule has 1 amide bonds. The van der Waals surface area contributed by atoms with Crippen molar-refractivity contribution < 1.29 is 56.4 Å². The average molecular weight is 1290 g/mol. The van der Waals surface area contributed by atoms with Crippen LogP contribution in [-0.4, -0.2) is 201 Å². The van der Waals surface area contributed by atoms with E-state index in [0.29, 0.717) is 120 Å². The van der Waals surface area contributed by atoms with Gasteiger partial charge in [-0.1, -0.05) is 66.7 Å². The van der Waals surface area contributed by atoms with Gasteiger partial charge in [0.15, 0.2) is 11.6 Å². The van der Waals surface area contributed by atoms with Crippen molar-refractivity contribution in [1.82, 2.24) is 38.1 Å². The second kappa shape index (κ2) is 29.3. The Kier molecular flexibility index (Phi) is 21.0. The Balaban J connectivity index is 0.739. The highest BCUT2D eigenvalue weighted by atomic mass is 32.2. The fourth-order valence-electron chi connectivity index (χ4n) is 13.4. The number of ether oxygens (including phenoxy) is 5. The lowest BCUT2D eigenvalue weighted by molar-refractivity contribution is -0.132. The van der Waals surface area contributed by atoms with Crippen LogP contribution in [-0.2, 0) is 55.8 Å². The lowest BCUT2D eigenvalue weighted by Gasteiger charge is -2.36. The number of hydrogen-bond donors (Lipinski definition) is 3. The van der Waals surface area contributed by atoms with Crippen molar-refractivity contribution in [1.29, 1.82) is 0 Å². The number of carbonyl (C=O) groups excluding carboxylic acids is 4. The number of para-hydroxylation sites is 1. The predicted molar refractivity (Wildman–Crippen MR) is 357 cm³/mol. The van der Waals surface area contributed by atoms with E-state index >= 15 is 0 Å². The summed E-state index contributed by atoms with van der Waals surface area (Å²) in [4.78, 5) is 61.6. The molecule has 4 aliphatic rings. The van der Waals surface area contributed by atoms with Crippen LogP contribution in [0.25, 0.3) is 32.8 Å². The van der Waals surface area contributed by atoms with Gasteiger partial charge in [0.2, 0.25) is 5.91 Å². The highest BCUT2D eigenvalue weighted by Gasteiger charge is 2.48. The van der Waals surface area contributed by atoms with Gasteiger partial charge in [0.05, 0.1) is 67.3 Å². The van der Waals surface area contributed by atoms with E-state index in [4.69, 9.17) is 28.8 Å². The maximum absolute atomic E-state index is 15.0. The van der Waals surface area contributed by atoms with E-state index in [1.165, 1.54) is 8.61 Å². The zero-order chi connectivity index (χ0) is 65.6. The van der Waals surface area contributed by atoms with Gasteiger partial charge in [-0.25, -0.2) is 4.79 Å². The minimum Gasteiger partial charge on any atom is -0.493 e. The van der Waals surface area contributed by atoms with Gasteiger partial charge < -0.3 is 48.9 Å². The number of esters is 1. The molecule has 7 aromatic rings. The van der Waals surface area contributed by atoms with Crippen LogP contribution in [0.1, 0.15) is 88.2 Å². The highest BCUT2D eigenvalue weighted by Crippen LogP contribution is 2.41. The van der Waals surface area contributed by atoms with Crippen LogP contribution in [0, 0.1) is 18.8 Å². The molecule has 0 radical (unpaired) electrons. The van der Waals surface area contributed by atoms with Gasteiger partial charge in [-0.05, 0) is 101 Å². The van der Waals surface area contributed by atoms with Crippen molar-refractivity contribution in [2.75, 3.05) is 129 Å². The molecule has 2 aromatic heterocycles. The maximum Gasteiger partial charge on any atom is 0.355 e. The van der Waals surface area contributed by atoms with Crippen molar-refractivity contribution in [3.05, 3.63) is 137 Å². The van der Waals surface area contributed by atoms with E-state index in [1.807, 2.05) is 88.0 Å². The van der Waals surface area contributed by atoms with Gasteiger partial charge in [0.25, 0.3) is 10.2 Å². The van der Waals surface area contributed by atoms with E-state index in [2.05, 4.69) is 66.3 Å². The molecular weight excluding hydrogens is 1200 g/mol. The number of nitrogens with one attached hydrogen (secondary N) is 2. The second-order valence-corrected chi connectivity index (χ2v) is 27.7. The molecule has 496 valence electrons. The average Bonchev–Trinajstić information content (AvgIpc) is 1.60. The summed E-state index contributed by atoms with van der Waals surface area (Å²) in [5, 5.41) is 23.7. The topological polar surface area (TPSA) is 232 Å². The number of hydrogen-bond acceptors (Lipinski definition) is 17. The van der Waals surface area contributed by atoms with Crippen LogP contribution in [0.4, 0.5) is 11.4 Å². The number of nitrogens with zero attached hydrogens (tertiary/aromatic N) is 8. The lowest BCUT2D eigenvalue weighted by Crippen LogP contribution is -2.51. The Morgan fingerprint density at radius 2 is 1.41 bits per heavy atom. The number of aromatic nitrogens is 3. The third-order valence-corrected chi connectivity index (χ3v) is 20.0. The number of rotatable bonds is 27. The summed E-state index contributed by atoms with van der Waals surface area (Å²) in [5.41, 5.74) is 7.30.